The first-order valence-corrected chi connectivity index (χ1v) is 61.5. The summed E-state index contributed by atoms with van der Waals surface area (Å²) >= 11 is 29.4. The number of rotatable bonds is 28. The van der Waals surface area contributed by atoms with E-state index in [-0.39, 0.29) is 54.4 Å². The molecule has 0 saturated heterocycles. The summed E-state index contributed by atoms with van der Waals surface area (Å²) < 4.78 is 87.9. The van der Waals surface area contributed by atoms with Crippen LogP contribution in [-0.4, -0.2) is 121 Å². The van der Waals surface area contributed by atoms with Gasteiger partial charge in [-0.1, -0.05) is 150 Å². The minimum absolute atomic E-state index is 0.0835. The fourth-order valence-corrected chi connectivity index (χ4v) is 35.5. The zero-order chi connectivity index (χ0) is 107. The highest BCUT2D eigenvalue weighted by atomic mass is 35.5. The standard InChI is InChI=1S/C29H26ClN2O4PS.C29H33N2O4PS.C28H23Cl2N2O4PS.C28H24ClN2O4PS/c1-17(2)32(37(4,35)26-12-11-21(30)14-18(26)3)23-16-27(38-28(23)29(33)34)20-9-7-19(8-10-20)25-15-22-24(36-25)6-5-13-31-22;1-18(2)31(36(4,34)22-13-7-19(3)8-14-22)24-17-27(37-28(24)29(32)33)21-11-9-20(10-12-21)26-16-23-25(35-26)6-5-15-30-23;1-16(2)32(37(3,35)25-11-10-19(29)13-20(25)30)22-15-26(38-27(22)28(33)34)18-8-6-17(7-9-18)24-14-21-23(36-24)5-4-12-31-21;1-17(2)31(36(3,34)21-12-10-20(29)11-13-21)23-16-26(37-27(23)28(32)33)19-8-6-18(7-9-19)25-15-22-24(35-25)5-4-14-30-22/h5-17H,1-4H3,(H,33,34);5-6,9-12,15-19,22H,7-8,13-14H2,1-4H3,(H,32,33);4-16H,1-3H3,(H,33,34);4-17H,1-3H3,(H,32,33). The monoisotopic (exact) mass is 2230 g/mol. The fraction of sp³-hybridized carbons (Fsp3) is 0.211. The number of furan rings is 4. The molecule has 0 bridgehead atoms. The van der Waals surface area contributed by atoms with Crippen molar-refractivity contribution >= 4 is 228 Å². The molecule has 150 heavy (non-hydrogen) atoms. The summed E-state index contributed by atoms with van der Waals surface area (Å²) in [5.41, 5.74) is 15.8. The summed E-state index contributed by atoms with van der Waals surface area (Å²) in [7, 11) is -12.5. The maximum Gasteiger partial charge on any atom is 0.348 e. The van der Waals surface area contributed by atoms with E-state index < -0.39 is 53.0 Å². The lowest BCUT2D eigenvalue weighted by Gasteiger charge is -2.41. The minimum atomic E-state index is -3.33. The Morgan fingerprint density at radius 2 is 0.600 bits per heavy atom. The number of pyridine rings is 4. The molecule has 1 aliphatic carbocycles. The topological polar surface area (TPSA) is 335 Å². The van der Waals surface area contributed by atoms with Crippen molar-refractivity contribution in [3.8, 4) is 87.1 Å². The third-order valence-corrected chi connectivity index (χ3v) is 43.8. The van der Waals surface area contributed by atoms with Crippen molar-refractivity contribution in [3.05, 3.63) is 325 Å². The molecule has 4 atom stereocenters. The van der Waals surface area contributed by atoms with Crippen molar-refractivity contribution in [2.75, 3.05) is 45.3 Å². The largest absolute Gasteiger partial charge is 0.477 e. The molecule has 1 aliphatic rings. The minimum Gasteiger partial charge on any atom is -0.477 e. The first kappa shape index (κ1) is 108. The van der Waals surface area contributed by atoms with Crippen LogP contribution in [0.3, 0.4) is 0 Å². The van der Waals surface area contributed by atoms with Gasteiger partial charge in [-0.05, 0) is 255 Å². The normalized spacial score (nSPS) is 14.7. The van der Waals surface area contributed by atoms with Gasteiger partial charge in [0, 0.05) is 178 Å². The molecular formula is C114H106Cl4N8O16P4S4. The second kappa shape index (κ2) is 45.0. The van der Waals surface area contributed by atoms with E-state index in [9.17, 15) is 57.9 Å². The van der Waals surface area contributed by atoms with Gasteiger partial charge in [-0.2, -0.15) is 0 Å². The van der Waals surface area contributed by atoms with E-state index in [1.807, 2.05) is 262 Å². The number of benzene rings is 7. The van der Waals surface area contributed by atoms with E-state index in [0.717, 1.165) is 140 Å². The number of carbonyl (C=O) groups is 4. The lowest BCUT2D eigenvalue weighted by molar-refractivity contribution is 0.0692. The Morgan fingerprint density at radius 1 is 0.333 bits per heavy atom. The average molecular weight is 2240 g/mol. The van der Waals surface area contributed by atoms with Gasteiger partial charge in [0.25, 0.3) is 0 Å². The predicted octanol–water partition coefficient (Wildman–Crippen LogP) is 33.7. The second-order valence-corrected chi connectivity index (χ2v) is 55.1. The van der Waals surface area contributed by atoms with Crippen molar-refractivity contribution in [1.82, 2.24) is 19.9 Å². The Bertz CT molecular complexity index is 8100. The molecular weight excluding hydrogens is 2130 g/mol. The van der Waals surface area contributed by atoms with Crippen LogP contribution in [-0.2, 0) is 18.3 Å². The van der Waals surface area contributed by atoms with Gasteiger partial charge >= 0.3 is 23.9 Å². The second-order valence-electron chi connectivity index (χ2n) is 38.1. The molecule has 0 spiro atoms. The Hall–Kier alpha value is -12.7. The highest BCUT2D eigenvalue weighted by Crippen LogP contribution is 2.62. The quantitative estimate of drug-likeness (QED) is 0.0331. The number of nitrogens with zero attached hydrogens (tertiary/aromatic N) is 8. The van der Waals surface area contributed by atoms with E-state index >= 15 is 0 Å². The summed E-state index contributed by atoms with van der Waals surface area (Å²) in [6.45, 7) is 26.3. The number of fused-ring (bicyclic) bond motifs is 4. The van der Waals surface area contributed by atoms with E-state index in [0.29, 0.717) is 93.7 Å². The van der Waals surface area contributed by atoms with Gasteiger partial charge in [-0.3, -0.25) is 33.6 Å². The number of aromatic carboxylic acids is 4. The van der Waals surface area contributed by atoms with Gasteiger partial charge < -0.3 is 61.3 Å². The van der Waals surface area contributed by atoms with Crippen molar-refractivity contribution in [2.24, 2.45) is 5.92 Å². The molecule has 12 aromatic heterocycles. The number of aromatic nitrogens is 4. The fourth-order valence-electron chi connectivity index (χ4n) is 19.2. The molecule has 0 amide bonds. The summed E-state index contributed by atoms with van der Waals surface area (Å²) in [4.78, 5) is 70.3. The highest BCUT2D eigenvalue weighted by Gasteiger charge is 2.43. The molecule has 24 nitrogen and oxygen atoms in total. The van der Waals surface area contributed by atoms with Gasteiger partial charge in [0.1, 0.15) is 64.6 Å². The van der Waals surface area contributed by atoms with Crippen LogP contribution in [0.4, 0.5) is 22.7 Å². The Morgan fingerprint density at radius 3 is 0.880 bits per heavy atom. The zero-order valence-electron chi connectivity index (χ0n) is 84.0. The van der Waals surface area contributed by atoms with E-state index in [2.05, 4.69) is 26.9 Å². The zero-order valence-corrected chi connectivity index (χ0v) is 93.9. The predicted molar refractivity (Wildman–Crippen MR) is 618 cm³/mol. The maximum absolute atomic E-state index is 14.4. The van der Waals surface area contributed by atoms with Crippen LogP contribution < -0.4 is 34.6 Å². The van der Waals surface area contributed by atoms with E-state index in [4.69, 9.17) is 64.1 Å². The third kappa shape index (κ3) is 23.0. The number of aryl methyl sites for hydroxylation is 1. The van der Waals surface area contributed by atoms with Crippen LogP contribution in [0, 0.1) is 12.8 Å². The van der Waals surface area contributed by atoms with Crippen LogP contribution >= 0.6 is 121 Å². The number of halogens is 4. The number of hydrogen-bond donors (Lipinski definition) is 4. The molecule has 20 rings (SSSR count). The number of carboxylic acids is 4. The number of carboxylic acid groups (broad SMARTS) is 4. The highest BCUT2D eigenvalue weighted by molar-refractivity contribution is 7.73. The molecule has 19 aromatic rings. The van der Waals surface area contributed by atoms with Crippen LogP contribution in [0.2, 0.25) is 20.1 Å². The number of hydrogen-bond acceptors (Lipinski definition) is 20. The average Bonchev–Trinajstić information content (AvgIpc) is 1.52. The van der Waals surface area contributed by atoms with E-state index in [1.54, 1.807) is 126 Å². The first-order chi connectivity index (χ1) is 71.4. The van der Waals surface area contributed by atoms with Crippen molar-refractivity contribution in [2.45, 2.75) is 125 Å². The molecule has 4 unspecified atom stereocenters. The molecule has 1 fully saturated rings. The molecule has 1 saturated carbocycles. The summed E-state index contributed by atoms with van der Waals surface area (Å²) in [5.74, 6) is -0.681. The van der Waals surface area contributed by atoms with Crippen LogP contribution in [0.15, 0.2) is 297 Å². The number of thiophene rings is 4. The van der Waals surface area contributed by atoms with Crippen molar-refractivity contribution in [3.63, 3.8) is 0 Å². The maximum atomic E-state index is 14.4. The lowest BCUT2D eigenvalue weighted by atomic mass is 9.91. The van der Waals surface area contributed by atoms with Crippen LogP contribution in [0.25, 0.3) is 131 Å². The van der Waals surface area contributed by atoms with Gasteiger partial charge in [0.05, 0.1) is 27.8 Å². The number of anilines is 4. The van der Waals surface area contributed by atoms with Gasteiger partial charge in [-0.15, -0.1) is 45.3 Å². The van der Waals surface area contributed by atoms with Gasteiger partial charge in [0.2, 0.25) is 0 Å². The summed E-state index contributed by atoms with van der Waals surface area (Å²) in [5, 5.41) is 43.8. The third-order valence-electron chi connectivity index (χ3n) is 26.1. The SMILES string of the molecule is CC(C)N(c1cc(-c2ccc(-c3cc4ncccc4o3)cc2)sc1C(=O)O)P(C)(=O)c1ccc(Cl)cc1.CC(C)N(c1cc(-c2ccc(-c3cc4ncccc4o3)cc2)sc1C(=O)O)P(C)(=O)c1ccc(Cl)cc1Cl.CC1CCC(P(C)(=O)N(c2cc(-c3ccc(-c4cc5ncccc5o4)cc3)sc2C(=O)O)C(C)C)CC1.Cc1cc(Cl)ccc1P(C)(=O)N(c1cc(-c2ccc(-c3cc4ncccc4o3)cc2)sc1C(=O)O)C(C)C. The Labute approximate surface area is 903 Å². The smallest absolute Gasteiger partial charge is 0.348 e. The summed E-state index contributed by atoms with van der Waals surface area (Å²) in [6.07, 6.45) is 10.9. The molecule has 36 heteroatoms. The van der Waals surface area contributed by atoms with Gasteiger partial charge in [-0.25, -0.2) is 19.2 Å². The van der Waals surface area contributed by atoms with Crippen LogP contribution in [0.1, 0.15) is 132 Å². The molecule has 770 valence electrons. The van der Waals surface area contributed by atoms with Crippen molar-refractivity contribution < 1.29 is 75.5 Å². The van der Waals surface area contributed by atoms with Crippen LogP contribution in [0.5, 0.6) is 0 Å². The molecule has 12 heterocycles. The summed E-state index contributed by atoms with van der Waals surface area (Å²) in [6, 6.07) is 77.0. The first-order valence-electron chi connectivity index (χ1n) is 48.2. The molecule has 0 radical (unpaired) electrons. The molecule has 4 N–H and O–H groups in total. The lowest BCUT2D eigenvalue weighted by Crippen LogP contribution is -2.34. The molecule has 7 aromatic carbocycles. The van der Waals surface area contributed by atoms with Gasteiger partial charge in [0.15, 0.2) is 51.5 Å². The van der Waals surface area contributed by atoms with E-state index in [1.165, 1.54) is 34.0 Å². The molecule has 0 aliphatic heterocycles. The Balaban J connectivity index is 0.000000136. The van der Waals surface area contributed by atoms with Crippen molar-refractivity contribution in [1.29, 1.82) is 0 Å². The Kier molecular flexibility index (Phi) is 32.6.